The fraction of sp³-hybridized carbons (Fsp3) is 1.00. The van der Waals surface area contributed by atoms with Gasteiger partial charge in [0.1, 0.15) is 0 Å². The van der Waals surface area contributed by atoms with Gasteiger partial charge in [0.05, 0.1) is 6.42 Å². The highest BCUT2D eigenvalue weighted by Gasteiger charge is 2.36. The number of hydrogen-bond donors (Lipinski definition) is 1. The van der Waals surface area contributed by atoms with Gasteiger partial charge < -0.3 is 10.2 Å². The molecule has 1 saturated carbocycles. The lowest BCUT2D eigenvalue weighted by Gasteiger charge is -2.44. The molecular weight excluding hydrogens is 241 g/mol. The van der Waals surface area contributed by atoms with E-state index < -0.39 is 12.6 Å². The van der Waals surface area contributed by atoms with Crippen LogP contribution in [0.15, 0.2) is 0 Å². The minimum Gasteiger partial charge on any atom is -0.312 e. The second-order valence-electron chi connectivity index (χ2n) is 6.38. The molecule has 1 aliphatic carbocycles. The molecule has 0 bridgehead atoms. The molecule has 0 spiro atoms. The lowest BCUT2D eigenvalue weighted by molar-refractivity contribution is -0.140. The first kappa shape index (κ1) is 15.8. The fourth-order valence-electron chi connectivity index (χ4n) is 2.28. The summed E-state index contributed by atoms with van der Waals surface area (Å²) in [5.41, 5.74) is 0.0741. The Bertz CT molecular complexity index is 238. The van der Waals surface area contributed by atoms with Crippen molar-refractivity contribution in [1.29, 1.82) is 0 Å². The Morgan fingerprint density at radius 1 is 1.17 bits per heavy atom. The van der Waals surface area contributed by atoms with Crippen LogP contribution in [0, 0.1) is 5.92 Å². The van der Waals surface area contributed by atoms with Crippen LogP contribution in [0.25, 0.3) is 0 Å². The standard InChI is InChI=1S/C13H25F3N2/c1-12(2,3)17-9-10-5-6-11(10)18(4)8-7-13(14,15)16/h10-11,17H,5-9H2,1-4H3. The van der Waals surface area contributed by atoms with Crippen LogP contribution in [0.4, 0.5) is 13.2 Å². The van der Waals surface area contributed by atoms with Crippen molar-refractivity contribution in [1.82, 2.24) is 10.2 Å². The van der Waals surface area contributed by atoms with Crippen molar-refractivity contribution in [3.05, 3.63) is 0 Å². The van der Waals surface area contributed by atoms with E-state index in [-0.39, 0.29) is 12.1 Å². The maximum absolute atomic E-state index is 12.2. The van der Waals surface area contributed by atoms with Crippen molar-refractivity contribution in [2.75, 3.05) is 20.1 Å². The van der Waals surface area contributed by atoms with E-state index in [1.54, 1.807) is 7.05 Å². The average molecular weight is 266 g/mol. The number of hydrogen-bond acceptors (Lipinski definition) is 2. The highest BCUT2D eigenvalue weighted by atomic mass is 19.4. The normalized spacial score (nSPS) is 25.3. The van der Waals surface area contributed by atoms with Gasteiger partial charge in [0, 0.05) is 18.1 Å². The smallest absolute Gasteiger partial charge is 0.312 e. The molecule has 1 fully saturated rings. The topological polar surface area (TPSA) is 15.3 Å². The van der Waals surface area contributed by atoms with E-state index in [1.807, 2.05) is 4.90 Å². The summed E-state index contributed by atoms with van der Waals surface area (Å²) in [6.07, 6.45) is -2.62. The van der Waals surface area contributed by atoms with Crippen molar-refractivity contribution < 1.29 is 13.2 Å². The third-order valence-corrected chi connectivity index (χ3v) is 3.59. The molecule has 1 aliphatic rings. The zero-order chi connectivity index (χ0) is 14.0. The molecule has 0 aromatic heterocycles. The van der Waals surface area contributed by atoms with Gasteiger partial charge in [0.25, 0.3) is 0 Å². The number of alkyl halides is 3. The Labute approximate surface area is 108 Å². The molecule has 0 heterocycles. The molecule has 2 atom stereocenters. The Balaban J connectivity index is 2.29. The molecule has 18 heavy (non-hydrogen) atoms. The molecule has 1 N–H and O–H groups in total. The van der Waals surface area contributed by atoms with Crippen LogP contribution in [0.2, 0.25) is 0 Å². The van der Waals surface area contributed by atoms with Gasteiger partial charge in [-0.15, -0.1) is 0 Å². The molecule has 2 nitrogen and oxygen atoms in total. The molecule has 5 heteroatoms. The van der Waals surface area contributed by atoms with Crippen LogP contribution in [-0.4, -0.2) is 42.8 Å². The summed E-state index contributed by atoms with van der Waals surface area (Å²) >= 11 is 0. The zero-order valence-electron chi connectivity index (χ0n) is 11.8. The summed E-state index contributed by atoms with van der Waals surface area (Å²) in [6, 6.07) is 0.308. The van der Waals surface area contributed by atoms with Gasteiger partial charge in [-0.05, 0) is 53.1 Å². The van der Waals surface area contributed by atoms with Gasteiger partial charge in [-0.3, -0.25) is 0 Å². The van der Waals surface area contributed by atoms with Gasteiger partial charge in [0.15, 0.2) is 0 Å². The Morgan fingerprint density at radius 2 is 1.78 bits per heavy atom. The molecule has 108 valence electrons. The Hall–Kier alpha value is -0.290. The van der Waals surface area contributed by atoms with Gasteiger partial charge in [-0.2, -0.15) is 13.2 Å². The van der Waals surface area contributed by atoms with E-state index >= 15 is 0 Å². The summed E-state index contributed by atoms with van der Waals surface area (Å²) in [7, 11) is 1.81. The first-order chi connectivity index (χ1) is 8.08. The summed E-state index contributed by atoms with van der Waals surface area (Å²) in [6.45, 7) is 7.32. The quantitative estimate of drug-likeness (QED) is 0.823. The first-order valence-electron chi connectivity index (χ1n) is 6.60. The zero-order valence-corrected chi connectivity index (χ0v) is 11.8. The number of halogens is 3. The predicted octanol–water partition coefficient (Wildman–Crippen LogP) is 3.04. The molecule has 0 amide bonds. The maximum atomic E-state index is 12.2. The minimum absolute atomic E-state index is 0.0741. The van der Waals surface area contributed by atoms with Gasteiger partial charge in [-0.1, -0.05) is 0 Å². The van der Waals surface area contributed by atoms with Crippen LogP contribution in [0.1, 0.15) is 40.0 Å². The van der Waals surface area contributed by atoms with Gasteiger partial charge in [-0.25, -0.2) is 0 Å². The largest absolute Gasteiger partial charge is 0.390 e. The van der Waals surface area contributed by atoms with E-state index in [0.717, 1.165) is 19.4 Å². The van der Waals surface area contributed by atoms with Crippen LogP contribution >= 0.6 is 0 Å². The minimum atomic E-state index is -4.04. The first-order valence-corrected chi connectivity index (χ1v) is 6.60. The van der Waals surface area contributed by atoms with Crippen molar-refractivity contribution in [2.24, 2.45) is 5.92 Å². The van der Waals surface area contributed by atoms with Crippen molar-refractivity contribution in [3.8, 4) is 0 Å². The predicted molar refractivity (Wildman–Crippen MR) is 67.6 cm³/mol. The van der Waals surface area contributed by atoms with Crippen LogP contribution in [0.5, 0.6) is 0 Å². The fourth-order valence-corrected chi connectivity index (χ4v) is 2.28. The van der Waals surface area contributed by atoms with Crippen LogP contribution in [-0.2, 0) is 0 Å². The van der Waals surface area contributed by atoms with Gasteiger partial charge in [0.2, 0.25) is 0 Å². The third-order valence-electron chi connectivity index (χ3n) is 3.59. The third kappa shape index (κ3) is 5.57. The van der Waals surface area contributed by atoms with Crippen molar-refractivity contribution in [2.45, 2.75) is 57.8 Å². The lowest BCUT2D eigenvalue weighted by atomic mass is 9.78. The number of nitrogens with one attached hydrogen (secondary N) is 1. The summed E-state index contributed by atoms with van der Waals surface area (Å²) in [5.74, 6) is 0.488. The molecule has 0 aromatic carbocycles. The lowest BCUT2D eigenvalue weighted by Crippen LogP contribution is -2.52. The molecule has 0 aromatic rings. The monoisotopic (exact) mass is 266 g/mol. The van der Waals surface area contributed by atoms with E-state index in [9.17, 15) is 13.2 Å². The SMILES string of the molecule is CN(CCC(F)(F)F)C1CCC1CNC(C)(C)C. The van der Waals surface area contributed by atoms with Crippen LogP contribution < -0.4 is 5.32 Å². The van der Waals surface area contributed by atoms with Crippen molar-refractivity contribution >= 4 is 0 Å². The molecular formula is C13H25F3N2. The summed E-state index contributed by atoms with van der Waals surface area (Å²) < 4.78 is 36.5. The summed E-state index contributed by atoms with van der Waals surface area (Å²) in [5, 5.41) is 3.43. The Morgan fingerprint density at radius 3 is 2.17 bits per heavy atom. The summed E-state index contributed by atoms with van der Waals surface area (Å²) in [4.78, 5) is 1.87. The molecule has 0 aliphatic heterocycles. The highest BCUT2D eigenvalue weighted by Crippen LogP contribution is 2.32. The second kappa shape index (κ2) is 5.78. The second-order valence-corrected chi connectivity index (χ2v) is 6.38. The van der Waals surface area contributed by atoms with E-state index in [2.05, 4.69) is 26.1 Å². The van der Waals surface area contributed by atoms with E-state index in [1.165, 1.54) is 0 Å². The van der Waals surface area contributed by atoms with Gasteiger partial charge >= 0.3 is 6.18 Å². The Kier molecular flexibility index (Phi) is 5.06. The van der Waals surface area contributed by atoms with E-state index in [4.69, 9.17) is 0 Å². The van der Waals surface area contributed by atoms with Crippen LogP contribution in [0.3, 0.4) is 0 Å². The average Bonchev–Trinajstić information content (AvgIpc) is 2.10. The van der Waals surface area contributed by atoms with Crippen molar-refractivity contribution in [3.63, 3.8) is 0 Å². The number of nitrogens with zero attached hydrogens (tertiary/aromatic N) is 1. The molecule has 0 saturated heterocycles. The molecule has 2 unspecified atom stereocenters. The maximum Gasteiger partial charge on any atom is 0.390 e. The molecule has 0 radical (unpaired) electrons. The highest BCUT2D eigenvalue weighted by molar-refractivity contribution is 4.90. The molecule has 1 rings (SSSR count). The van der Waals surface area contributed by atoms with E-state index in [0.29, 0.717) is 12.0 Å². The number of rotatable bonds is 5.